The molecule has 0 heterocycles. The first-order valence-electron chi connectivity index (χ1n) is 12.6. The Morgan fingerprint density at radius 1 is 1.07 bits per heavy atom. The number of carbonyl (C=O) groups excluding carboxylic acids is 3. The number of hydrogen-bond acceptors (Lipinski definition) is 11. The molecule has 13 heteroatoms. The van der Waals surface area contributed by atoms with Gasteiger partial charge in [-0.1, -0.05) is 6.92 Å². The number of nitro groups is 1. The summed E-state index contributed by atoms with van der Waals surface area (Å²) in [5.74, 6) is -9.77. The van der Waals surface area contributed by atoms with Crippen LogP contribution in [0.15, 0.2) is 53.3 Å². The Kier molecular flexibility index (Phi) is 6.29. The van der Waals surface area contributed by atoms with Crippen LogP contribution in [0, 0.1) is 22.0 Å². The molecule has 0 aliphatic heterocycles. The molecule has 214 valence electrons. The fourth-order valence-corrected chi connectivity index (χ4v) is 6.59. The van der Waals surface area contributed by atoms with Crippen molar-refractivity contribution in [1.82, 2.24) is 4.90 Å². The van der Waals surface area contributed by atoms with Crippen LogP contribution in [0.4, 0.5) is 5.69 Å². The van der Waals surface area contributed by atoms with E-state index in [0.717, 1.165) is 0 Å². The lowest BCUT2D eigenvalue weighted by Crippen LogP contribution is -2.70. The highest BCUT2D eigenvalue weighted by atomic mass is 16.6. The zero-order valence-corrected chi connectivity index (χ0v) is 22.1. The molecule has 7 N–H and O–H groups in total. The second kappa shape index (κ2) is 9.23. The Bertz CT molecular complexity index is 1610. The number of carbonyl (C=O) groups is 3. The third-order valence-electron chi connectivity index (χ3n) is 8.48. The van der Waals surface area contributed by atoms with Gasteiger partial charge in [0.05, 0.1) is 28.6 Å². The number of aliphatic hydroxyl groups excluding tert-OH is 3. The van der Waals surface area contributed by atoms with Crippen molar-refractivity contribution in [2.24, 2.45) is 17.6 Å². The molecule has 2 aromatic rings. The molecule has 5 rings (SSSR count). The second-order valence-corrected chi connectivity index (χ2v) is 10.8. The molecule has 2 aromatic carbocycles. The molecule has 3 aliphatic rings. The molecule has 0 unspecified atom stereocenters. The number of rotatable bonds is 4. The number of aromatic hydroxyl groups is 1. The average Bonchev–Trinajstić information content (AvgIpc) is 2.90. The largest absolute Gasteiger partial charge is 0.508 e. The molecular weight excluding hydrogens is 538 g/mol. The lowest BCUT2D eigenvalue weighted by molar-refractivity contribution is -0.384. The van der Waals surface area contributed by atoms with Crippen molar-refractivity contribution in [2.75, 3.05) is 14.1 Å². The van der Waals surface area contributed by atoms with Crippen LogP contribution in [0.25, 0.3) is 16.9 Å². The number of non-ortho nitro benzene ring substituents is 1. The maximum atomic E-state index is 14.0. The van der Waals surface area contributed by atoms with E-state index in [-0.39, 0.29) is 11.3 Å². The molecule has 0 saturated heterocycles. The minimum atomic E-state index is -2.99. The SMILES string of the molecule is C[C@@H]1c2cc(-c3ccc([N+](=O)[O-])cc3)cc(O)c2C(O)=C2C(=O)[C@@]3(O)C(O)=C(C(N)=O)C(=O)[C@H](N(C)C)[C@H]3[C@H](O)[C@H]21. The van der Waals surface area contributed by atoms with Crippen molar-refractivity contribution in [2.45, 2.75) is 30.6 Å². The van der Waals surface area contributed by atoms with Crippen molar-refractivity contribution in [3.05, 3.63) is 74.5 Å². The predicted octanol–water partition coefficient (Wildman–Crippen LogP) is 1.07. The van der Waals surface area contributed by atoms with Gasteiger partial charge in [-0.3, -0.25) is 29.4 Å². The number of aliphatic hydroxyl groups is 4. The van der Waals surface area contributed by atoms with Crippen LogP contribution in [0.3, 0.4) is 0 Å². The topological polar surface area (TPSA) is 225 Å². The number of phenolic OH excluding ortho intramolecular Hbond substituents is 1. The van der Waals surface area contributed by atoms with Crippen LogP contribution in [0.2, 0.25) is 0 Å². The summed E-state index contributed by atoms with van der Waals surface area (Å²) in [5, 5.41) is 67.7. The smallest absolute Gasteiger partial charge is 0.269 e. The van der Waals surface area contributed by atoms with Crippen LogP contribution in [-0.4, -0.2) is 84.7 Å². The van der Waals surface area contributed by atoms with Gasteiger partial charge in [0.2, 0.25) is 5.78 Å². The van der Waals surface area contributed by atoms with Gasteiger partial charge in [0.1, 0.15) is 22.8 Å². The summed E-state index contributed by atoms with van der Waals surface area (Å²) in [6.07, 6.45) is -1.71. The molecule has 1 saturated carbocycles. The van der Waals surface area contributed by atoms with Crippen molar-refractivity contribution >= 4 is 28.9 Å². The number of fused-ring (bicyclic) bond motifs is 3. The number of ketones is 2. The van der Waals surface area contributed by atoms with E-state index in [4.69, 9.17) is 5.73 Å². The summed E-state index contributed by atoms with van der Waals surface area (Å²) >= 11 is 0. The zero-order chi connectivity index (χ0) is 30.3. The molecule has 0 aromatic heterocycles. The molecule has 13 nitrogen and oxygen atoms in total. The Morgan fingerprint density at radius 3 is 2.22 bits per heavy atom. The van der Waals surface area contributed by atoms with E-state index >= 15 is 0 Å². The second-order valence-electron chi connectivity index (χ2n) is 10.8. The summed E-state index contributed by atoms with van der Waals surface area (Å²) in [7, 11) is 2.86. The van der Waals surface area contributed by atoms with Crippen molar-refractivity contribution in [3.8, 4) is 16.9 Å². The minimum Gasteiger partial charge on any atom is -0.508 e. The number of Topliss-reactive ketones (excluding diaryl/α,β-unsaturated/α-hetero) is 2. The van der Waals surface area contributed by atoms with Crippen LogP contribution in [0.5, 0.6) is 5.75 Å². The molecule has 1 amide bonds. The number of nitrogens with two attached hydrogens (primary N) is 1. The highest BCUT2D eigenvalue weighted by molar-refractivity contribution is 6.24. The van der Waals surface area contributed by atoms with Crippen LogP contribution in [-0.2, 0) is 14.4 Å². The van der Waals surface area contributed by atoms with Gasteiger partial charge in [0, 0.05) is 23.6 Å². The quantitative estimate of drug-likeness (QED) is 0.175. The van der Waals surface area contributed by atoms with E-state index in [1.807, 2.05) is 0 Å². The normalized spacial score (nSPS) is 29.3. The predicted molar refractivity (Wildman–Crippen MR) is 142 cm³/mol. The summed E-state index contributed by atoms with van der Waals surface area (Å²) in [5.41, 5.74) is 1.82. The van der Waals surface area contributed by atoms with Crippen LogP contribution >= 0.6 is 0 Å². The van der Waals surface area contributed by atoms with E-state index in [0.29, 0.717) is 16.7 Å². The van der Waals surface area contributed by atoms with Gasteiger partial charge in [-0.15, -0.1) is 0 Å². The van der Waals surface area contributed by atoms with Gasteiger partial charge in [-0.05, 0) is 61.0 Å². The third kappa shape index (κ3) is 3.70. The fourth-order valence-electron chi connectivity index (χ4n) is 6.59. The first-order chi connectivity index (χ1) is 19.1. The first kappa shape index (κ1) is 28.0. The number of hydrogen-bond donors (Lipinski definition) is 6. The molecule has 0 radical (unpaired) electrons. The minimum absolute atomic E-state index is 0.139. The Morgan fingerprint density at radius 2 is 1.68 bits per heavy atom. The number of nitrogens with zero attached hydrogens (tertiary/aromatic N) is 2. The van der Waals surface area contributed by atoms with E-state index in [2.05, 4.69) is 0 Å². The number of likely N-dealkylation sites (N-methyl/N-ethyl adjacent to an activating group) is 1. The van der Waals surface area contributed by atoms with Crippen LogP contribution < -0.4 is 5.73 Å². The average molecular weight is 566 g/mol. The molecule has 0 spiro atoms. The van der Waals surface area contributed by atoms with E-state index in [9.17, 15) is 50.0 Å². The van der Waals surface area contributed by atoms with Crippen molar-refractivity contribution < 1.29 is 44.8 Å². The van der Waals surface area contributed by atoms with Crippen molar-refractivity contribution in [1.29, 1.82) is 0 Å². The molecule has 0 bridgehead atoms. The standard InChI is InChI=1S/C28H27N3O10/c1-10-14-8-12(11-4-6-13(7-5-11)31(40)41)9-15(32)17(14)22(33)18-16(10)23(34)20-21(30(2)3)24(35)19(27(29)38)26(37)28(20,39)25(18)36/h4-10,16,20-21,23,32-34,37,39H,1-3H3,(H2,29,38)/t10-,16+,20+,21-,23-,28-/m1/s1. The van der Waals surface area contributed by atoms with Gasteiger partial charge in [-0.2, -0.15) is 0 Å². The van der Waals surface area contributed by atoms with Gasteiger partial charge in [0.15, 0.2) is 11.4 Å². The van der Waals surface area contributed by atoms with Gasteiger partial charge in [-0.25, -0.2) is 0 Å². The van der Waals surface area contributed by atoms with Crippen molar-refractivity contribution in [3.63, 3.8) is 0 Å². The van der Waals surface area contributed by atoms with E-state index < -0.39 is 86.3 Å². The molecule has 3 aliphatic carbocycles. The number of nitro benzene ring substituents is 1. The highest BCUT2D eigenvalue weighted by Gasteiger charge is 2.68. The first-order valence-corrected chi connectivity index (χ1v) is 12.6. The number of benzene rings is 2. The number of amides is 1. The Labute approximate surface area is 232 Å². The maximum absolute atomic E-state index is 14.0. The summed E-state index contributed by atoms with van der Waals surface area (Å²) in [6.45, 7) is 1.62. The van der Waals surface area contributed by atoms with Gasteiger partial charge < -0.3 is 31.3 Å². The third-order valence-corrected chi connectivity index (χ3v) is 8.48. The summed E-state index contributed by atoms with van der Waals surface area (Å²) < 4.78 is 0. The molecule has 6 atom stereocenters. The fraction of sp³-hybridized carbons (Fsp3) is 0.321. The number of phenols is 1. The molecular formula is C28H27N3O10. The lowest BCUT2D eigenvalue weighted by Gasteiger charge is -2.53. The zero-order valence-electron chi connectivity index (χ0n) is 22.1. The van der Waals surface area contributed by atoms with Gasteiger partial charge >= 0.3 is 0 Å². The summed E-state index contributed by atoms with van der Waals surface area (Å²) in [6, 6.07) is 6.98. The van der Waals surface area contributed by atoms with Gasteiger partial charge in [0.25, 0.3) is 11.6 Å². The van der Waals surface area contributed by atoms with E-state index in [1.54, 1.807) is 13.0 Å². The maximum Gasteiger partial charge on any atom is 0.269 e. The Hall–Kier alpha value is -4.59. The van der Waals surface area contributed by atoms with E-state index in [1.165, 1.54) is 49.3 Å². The summed E-state index contributed by atoms with van der Waals surface area (Å²) in [4.78, 5) is 51.1. The monoisotopic (exact) mass is 565 g/mol. The van der Waals surface area contributed by atoms with Crippen LogP contribution in [0.1, 0.15) is 24.0 Å². The molecule has 41 heavy (non-hydrogen) atoms. The Balaban J connectivity index is 1.73. The number of primary amides is 1. The molecule has 1 fully saturated rings. The lowest BCUT2D eigenvalue weighted by atomic mass is 9.54. The highest BCUT2D eigenvalue weighted by Crippen LogP contribution is 2.56.